The van der Waals surface area contributed by atoms with Crippen LogP contribution in [0.4, 0.5) is 15.9 Å². The molecule has 1 aliphatic heterocycles. The molecule has 1 aromatic carbocycles. The third kappa shape index (κ3) is 3.70. The molecule has 0 N–H and O–H groups in total. The van der Waals surface area contributed by atoms with Crippen LogP contribution in [0, 0.1) is 11.7 Å². The van der Waals surface area contributed by atoms with E-state index in [1.54, 1.807) is 12.1 Å². The van der Waals surface area contributed by atoms with Crippen molar-refractivity contribution in [2.45, 2.75) is 59.7 Å². The average molecular weight is 405 g/mol. The lowest BCUT2D eigenvalue weighted by Crippen LogP contribution is -2.39. The maximum atomic E-state index is 13.5. The summed E-state index contributed by atoms with van der Waals surface area (Å²) in [5.41, 5.74) is 1.48. The third-order valence-electron chi connectivity index (χ3n) is 5.17. The number of carbonyl (C=O) groups excluding carboxylic acids is 1. The summed E-state index contributed by atoms with van der Waals surface area (Å²) >= 11 is 6.21. The Balaban J connectivity index is 2.16. The highest BCUT2D eigenvalue weighted by atomic mass is 35.5. The van der Waals surface area contributed by atoms with Gasteiger partial charge in [-0.25, -0.2) is 9.37 Å². The molecule has 1 unspecified atom stereocenters. The molecule has 0 bridgehead atoms. The first-order valence-electron chi connectivity index (χ1n) is 9.44. The van der Waals surface area contributed by atoms with Crippen molar-refractivity contribution in [3.05, 3.63) is 46.6 Å². The fourth-order valence-electron chi connectivity index (χ4n) is 3.44. The molecule has 7 heteroatoms. The second-order valence-corrected chi connectivity index (χ2v) is 8.88. The van der Waals surface area contributed by atoms with E-state index >= 15 is 0 Å². The molecule has 0 saturated carbocycles. The van der Waals surface area contributed by atoms with Gasteiger partial charge in [0.2, 0.25) is 5.28 Å². The van der Waals surface area contributed by atoms with E-state index in [0.717, 1.165) is 11.3 Å². The Labute approximate surface area is 170 Å². The van der Waals surface area contributed by atoms with E-state index in [9.17, 15) is 9.18 Å². The number of carbonyl (C=O) groups is 1. The van der Waals surface area contributed by atoms with Crippen molar-refractivity contribution in [2.24, 2.45) is 5.92 Å². The van der Waals surface area contributed by atoms with Gasteiger partial charge in [0.05, 0.1) is 6.54 Å². The fraction of sp³-hybridized carbons (Fsp3) is 0.476. The van der Waals surface area contributed by atoms with Crippen molar-refractivity contribution < 1.29 is 9.18 Å². The molecule has 3 rings (SSSR count). The van der Waals surface area contributed by atoms with Crippen molar-refractivity contribution in [1.29, 1.82) is 0 Å². The van der Waals surface area contributed by atoms with Crippen molar-refractivity contribution in [2.75, 3.05) is 4.90 Å². The summed E-state index contributed by atoms with van der Waals surface area (Å²) in [6.07, 6.45) is 0. The van der Waals surface area contributed by atoms with E-state index in [1.165, 1.54) is 12.1 Å². The minimum Gasteiger partial charge on any atom is -0.330 e. The standard InChI is InChI=1S/C21H26ClFN4O/c1-12(2)13(3)26-11-16-17(19(26)28)24-20(22)25-18(16)27(21(4,5)6)15-9-7-14(23)8-10-15/h7-10,12-13H,11H2,1-6H3. The number of halogens is 2. The van der Waals surface area contributed by atoms with E-state index < -0.39 is 0 Å². The van der Waals surface area contributed by atoms with Gasteiger partial charge in [0.15, 0.2) is 0 Å². The molecular formula is C21H26ClFN4O. The summed E-state index contributed by atoms with van der Waals surface area (Å²) in [7, 11) is 0. The second-order valence-electron chi connectivity index (χ2n) is 8.54. The molecule has 0 aliphatic carbocycles. The average Bonchev–Trinajstić information content (AvgIpc) is 2.92. The number of nitrogens with zero attached hydrogens (tertiary/aromatic N) is 4. The molecule has 1 aliphatic rings. The number of amides is 1. The molecular weight excluding hydrogens is 379 g/mol. The number of benzene rings is 1. The van der Waals surface area contributed by atoms with Crippen LogP contribution in [0.25, 0.3) is 0 Å². The third-order valence-corrected chi connectivity index (χ3v) is 5.34. The summed E-state index contributed by atoms with van der Waals surface area (Å²) in [5, 5.41) is 0.0255. The lowest BCUT2D eigenvalue weighted by Gasteiger charge is -2.37. The van der Waals surface area contributed by atoms with Gasteiger partial charge in [-0.1, -0.05) is 13.8 Å². The van der Waals surface area contributed by atoms with Gasteiger partial charge in [-0.05, 0) is 69.5 Å². The molecule has 1 aromatic heterocycles. The molecule has 0 radical (unpaired) electrons. The van der Waals surface area contributed by atoms with Crippen LogP contribution < -0.4 is 4.90 Å². The normalized spacial score (nSPS) is 15.2. The zero-order valence-corrected chi connectivity index (χ0v) is 17.9. The molecule has 0 fully saturated rings. The van der Waals surface area contributed by atoms with Gasteiger partial charge >= 0.3 is 0 Å². The maximum Gasteiger partial charge on any atom is 0.273 e. The summed E-state index contributed by atoms with van der Waals surface area (Å²) < 4.78 is 13.5. The highest BCUT2D eigenvalue weighted by molar-refractivity contribution is 6.28. The number of hydrogen-bond donors (Lipinski definition) is 0. The van der Waals surface area contributed by atoms with E-state index in [1.807, 2.05) is 37.5 Å². The molecule has 0 spiro atoms. The highest BCUT2D eigenvalue weighted by Gasteiger charge is 2.39. The SMILES string of the molecule is CC(C)C(C)N1Cc2c(nc(Cl)nc2N(c2ccc(F)cc2)C(C)(C)C)C1=O. The van der Waals surface area contributed by atoms with Crippen molar-refractivity contribution in [1.82, 2.24) is 14.9 Å². The summed E-state index contributed by atoms with van der Waals surface area (Å²) in [5.74, 6) is 0.451. The summed E-state index contributed by atoms with van der Waals surface area (Å²) in [6.45, 7) is 12.7. The van der Waals surface area contributed by atoms with Crippen molar-refractivity contribution >= 4 is 29.0 Å². The summed E-state index contributed by atoms with van der Waals surface area (Å²) in [6, 6.07) is 6.29. The lowest BCUT2D eigenvalue weighted by atomic mass is 10.0. The number of fused-ring (bicyclic) bond motifs is 1. The highest BCUT2D eigenvalue weighted by Crippen LogP contribution is 2.39. The van der Waals surface area contributed by atoms with Crippen LogP contribution in [0.3, 0.4) is 0 Å². The Kier molecular flexibility index (Phi) is 5.36. The first kappa shape index (κ1) is 20.5. The largest absolute Gasteiger partial charge is 0.330 e. The van der Waals surface area contributed by atoms with E-state index in [4.69, 9.17) is 11.6 Å². The second kappa shape index (κ2) is 7.32. The minimum absolute atomic E-state index is 0.0255. The van der Waals surface area contributed by atoms with Crippen LogP contribution in [0.15, 0.2) is 24.3 Å². The molecule has 0 saturated heterocycles. The Morgan fingerprint density at radius 2 is 1.75 bits per heavy atom. The van der Waals surface area contributed by atoms with Gasteiger partial charge in [0.25, 0.3) is 5.91 Å². The van der Waals surface area contributed by atoms with Gasteiger partial charge < -0.3 is 9.80 Å². The Hall–Kier alpha value is -2.21. The van der Waals surface area contributed by atoms with Gasteiger partial charge in [0, 0.05) is 22.8 Å². The fourth-order valence-corrected chi connectivity index (χ4v) is 3.60. The topological polar surface area (TPSA) is 49.3 Å². The van der Waals surface area contributed by atoms with Crippen LogP contribution in [0.1, 0.15) is 57.6 Å². The quantitative estimate of drug-likeness (QED) is 0.656. The predicted molar refractivity (Wildman–Crippen MR) is 110 cm³/mol. The van der Waals surface area contributed by atoms with E-state index in [-0.39, 0.29) is 28.6 Å². The predicted octanol–water partition coefficient (Wildman–Crippen LogP) is 5.21. The first-order chi connectivity index (χ1) is 13.0. The van der Waals surface area contributed by atoms with Crippen LogP contribution in [0.5, 0.6) is 0 Å². The molecule has 2 aromatic rings. The van der Waals surface area contributed by atoms with Gasteiger partial charge in [-0.3, -0.25) is 4.79 Å². The molecule has 1 amide bonds. The Morgan fingerprint density at radius 1 is 1.14 bits per heavy atom. The number of anilines is 2. The van der Waals surface area contributed by atoms with Gasteiger partial charge in [0.1, 0.15) is 17.3 Å². The van der Waals surface area contributed by atoms with Crippen LogP contribution in [0.2, 0.25) is 5.28 Å². The number of hydrogen-bond acceptors (Lipinski definition) is 4. The summed E-state index contributed by atoms with van der Waals surface area (Å²) in [4.78, 5) is 25.5. The molecule has 2 heterocycles. The zero-order valence-electron chi connectivity index (χ0n) is 17.1. The number of aromatic nitrogens is 2. The number of rotatable bonds is 4. The lowest BCUT2D eigenvalue weighted by molar-refractivity contribution is 0.0669. The molecule has 5 nitrogen and oxygen atoms in total. The first-order valence-corrected chi connectivity index (χ1v) is 9.81. The monoisotopic (exact) mass is 404 g/mol. The van der Waals surface area contributed by atoms with Crippen LogP contribution in [-0.2, 0) is 6.54 Å². The van der Waals surface area contributed by atoms with Crippen molar-refractivity contribution in [3.63, 3.8) is 0 Å². The zero-order chi connectivity index (χ0) is 20.8. The van der Waals surface area contributed by atoms with Crippen molar-refractivity contribution in [3.8, 4) is 0 Å². The molecule has 28 heavy (non-hydrogen) atoms. The van der Waals surface area contributed by atoms with Gasteiger partial charge in [-0.15, -0.1) is 0 Å². The Bertz CT molecular complexity index is 893. The van der Waals surface area contributed by atoms with Gasteiger partial charge in [-0.2, -0.15) is 4.98 Å². The maximum absolute atomic E-state index is 13.5. The van der Waals surface area contributed by atoms with Crippen LogP contribution in [-0.4, -0.2) is 32.4 Å². The minimum atomic E-state index is -0.386. The Morgan fingerprint density at radius 3 is 2.29 bits per heavy atom. The molecule has 150 valence electrons. The molecule has 1 atom stereocenters. The van der Waals surface area contributed by atoms with E-state index in [2.05, 4.69) is 23.8 Å². The van der Waals surface area contributed by atoms with E-state index in [0.29, 0.717) is 24.0 Å². The van der Waals surface area contributed by atoms with Crippen LogP contribution >= 0.6 is 11.6 Å². The smallest absolute Gasteiger partial charge is 0.273 e.